The highest BCUT2D eigenvalue weighted by molar-refractivity contribution is 7.09. The molecule has 28 heavy (non-hydrogen) atoms. The van der Waals surface area contributed by atoms with Crippen LogP contribution in [0, 0.1) is 11.3 Å². The molecule has 3 rings (SSSR count). The fourth-order valence-electron chi connectivity index (χ4n) is 2.82. The number of thiazole rings is 1. The van der Waals surface area contributed by atoms with Gasteiger partial charge in [0.1, 0.15) is 11.7 Å². The SMILES string of the molecule is N#C[C@@H]1CC(F)(F)CN1C(=O)CNC(=O)c1csc(Cc2ccc(Cl)cc2)n1. The number of nitrogens with zero attached hydrogens (tertiary/aromatic N) is 3. The van der Waals surface area contributed by atoms with Crippen LogP contribution < -0.4 is 5.32 Å². The van der Waals surface area contributed by atoms with Gasteiger partial charge in [-0.15, -0.1) is 11.3 Å². The van der Waals surface area contributed by atoms with E-state index in [2.05, 4.69) is 10.3 Å². The van der Waals surface area contributed by atoms with Gasteiger partial charge in [-0.2, -0.15) is 5.26 Å². The number of rotatable bonds is 5. The first kappa shape index (κ1) is 20.2. The summed E-state index contributed by atoms with van der Waals surface area (Å²) >= 11 is 7.14. The van der Waals surface area contributed by atoms with E-state index < -0.39 is 43.3 Å². The second-order valence-electron chi connectivity index (χ2n) is 6.34. The lowest BCUT2D eigenvalue weighted by atomic mass is 10.2. The number of alkyl halides is 2. The summed E-state index contributed by atoms with van der Waals surface area (Å²) in [5.74, 6) is -4.40. The molecular weight excluding hydrogens is 410 g/mol. The van der Waals surface area contributed by atoms with Gasteiger partial charge in [0.25, 0.3) is 11.8 Å². The van der Waals surface area contributed by atoms with Gasteiger partial charge in [-0.05, 0) is 17.7 Å². The normalized spacial score (nSPS) is 17.9. The Labute approximate surface area is 168 Å². The van der Waals surface area contributed by atoms with Gasteiger partial charge >= 0.3 is 0 Å². The highest BCUT2D eigenvalue weighted by Crippen LogP contribution is 2.31. The predicted octanol–water partition coefficient (Wildman–Crippen LogP) is 2.88. The molecule has 0 unspecified atom stereocenters. The van der Waals surface area contributed by atoms with Crippen molar-refractivity contribution in [2.75, 3.05) is 13.1 Å². The number of aromatic nitrogens is 1. The van der Waals surface area contributed by atoms with Crippen molar-refractivity contribution in [1.82, 2.24) is 15.2 Å². The van der Waals surface area contributed by atoms with Gasteiger partial charge in [-0.1, -0.05) is 23.7 Å². The minimum Gasteiger partial charge on any atom is -0.342 e. The Morgan fingerprint density at radius 3 is 2.79 bits per heavy atom. The number of halogens is 3. The van der Waals surface area contributed by atoms with Crippen molar-refractivity contribution in [2.45, 2.75) is 24.8 Å². The molecule has 1 aromatic carbocycles. The summed E-state index contributed by atoms with van der Waals surface area (Å²) in [5, 5.41) is 14.2. The molecule has 1 aromatic heterocycles. The number of hydrogen-bond donors (Lipinski definition) is 1. The number of carbonyl (C=O) groups is 2. The van der Waals surface area contributed by atoms with Gasteiger partial charge < -0.3 is 10.2 Å². The van der Waals surface area contributed by atoms with Crippen LogP contribution in [0.2, 0.25) is 5.02 Å². The topological polar surface area (TPSA) is 86.1 Å². The second-order valence-corrected chi connectivity index (χ2v) is 7.72. The molecule has 1 saturated heterocycles. The molecule has 0 radical (unpaired) electrons. The molecular formula is C18H15ClF2N4O2S. The van der Waals surface area contributed by atoms with Gasteiger partial charge in [-0.25, -0.2) is 13.8 Å². The first-order valence-electron chi connectivity index (χ1n) is 8.31. The van der Waals surface area contributed by atoms with Gasteiger partial charge in [0.05, 0.1) is 24.2 Å². The number of nitrogens with one attached hydrogen (secondary N) is 1. The third-order valence-corrected chi connectivity index (χ3v) is 5.29. The molecule has 6 nitrogen and oxygen atoms in total. The summed E-state index contributed by atoms with van der Waals surface area (Å²) < 4.78 is 26.8. The Bertz CT molecular complexity index is 926. The second kappa shape index (κ2) is 8.20. The quantitative estimate of drug-likeness (QED) is 0.799. The zero-order chi connectivity index (χ0) is 20.3. The minimum absolute atomic E-state index is 0.144. The molecule has 0 spiro atoms. The van der Waals surface area contributed by atoms with Gasteiger partial charge in [0.2, 0.25) is 5.91 Å². The Hall–Kier alpha value is -2.57. The zero-order valence-corrected chi connectivity index (χ0v) is 16.1. The van der Waals surface area contributed by atoms with Crippen LogP contribution in [0.4, 0.5) is 8.78 Å². The highest BCUT2D eigenvalue weighted by atomic mass is 35.5. The van der Waals surface area contributed by atoms with Crippen LogP contribution in [0.15, 0.2) is 29.6 Å². The molecule has 0 aliphatic carbocycles. The fourth-order valence-corrected chi connectivity index (χ4v) is 3.75. The average Bonchev–Trinajstić information content (AvgIpc) is 3.25. The van der Waals surface area contributed by atoms with Crippen LogP contribution >= 0.6 is 22.9 Å². The minimum atomic E-state index is -3.09. The summed E-state index contributed by atoms with van der Waals surface area (Å²) in [5.41, 5.74) is 1.13. The van der Waals surface area contributed by atoms with Crippen LogP contribution in [0.1, 0.15) is 27.5 Å². The molecule has 0 bridgehead atoms. The van der Waals surface area contributed by atoms with Gasteiger partial charge in [0.15, 0.2) is 0 Å². The summed E-state index contributed by atoms with van der Waals surface area (Å²) in [6.45, 7) is -1.29. The van der Waals surface area contributed by atoms with E-state index in [0.717, 1.165) is 10.5 Å². The van der Waals surface area contributed by atoms with E-state index in [-0.39, 0.29) is 5.69 Å². The number of carbonyl (C=O) groups excluding carboxylic acids is 2. The van der Waals surface area contributed by atoms with E-state index >= 15 is 0 Å². The van der Waals surface area contributed by atoms with E-state index in [1.54, 1.807) is 23.6 Å². The number of likely N-dealkylation sites (tertiary alicyclic amines) is 1. The van der Waals surface area contributed by atoms with E-state index in [1.165, 1.54) is 11.3 Å². The molecule has 1 N–H and O–H groups in total. The van der Waals surface area contributed by atoms with E-state index in [1.807, 2.05) is 12.1 Å². The molecule has 1 aliphatic heterocycles. The molecule has 0 saturated carbocycles. The molecule has 146 valence electrons. The molecule has 1 atom stereocenters. The van der Waals surface area contributed by atoms with Crippen molar-refractivity contribution in [3.8, 4) is 6.07 Å². The summed E-state index contributed by atoms with van der Waals surface area (Å²) in [7, 11) is 0. The Morgan fingerprint density at radius 1 is 1.39 bits per heavy atom. The van der Waals surface area contributed by atoms with Crippen molar-refractivity contribution < 1.29 is 18.4 Å². The van der Waals surface area contributed by atoms with Gasteiger partial charge in [0, 0.05) is 23.2 Å². The lowest BCUT2D eigenvalue weighted by Crippen LogP contribution is -2.43. The lowest BCUT2D eigenvalue weighted by Gasteiger charge is -2.19. The molecule has 1 fully saturated rings. The van der Waals surface area contributed by atoms with Crippen molar-refractivity contribution >= 4 is 34.8 Å². The van der Waals surface area contributed by atoms with Crippen molar-refractivity contribution in [2.24, 2.45) is 0 Å². The van der Waals surface area contributed by atoms with E-state index in [4.69, 9.17) is 16.9 Å². The van der Waals surface area contributed by atoms with E-state index in [9.17, 15) is 18.4 Å². The Morgan fingerprint density at radius 2 is 2.11 bits per heavy atom. The standard InChI is InChI=1S/C18H15ClF2N4O2S/c19-12-3-1-11(2-4-12)5-15-24-14(9-28-15)17(27)23-8-16(26)25-10-18(20,21)6-13(25)7-22/h1-4,9,13H,5-6,8,10H2,(H,23,27)/t13-/m0/s1. The summed E-state index contributed by atoms with van der Waals surface area (Å²) in [4.78, 5) is 29.3. The molecule has 2 aromatic rings. The first-order valence-corrected chi connectivity index (χ1v) is 9.57. The van der Waals surface area contributed by atoms with Crippen molar-refractivity contribution in [3.63, 3.8) is 0 Å². The number of amides is 2. The predicted molar refractivity (Wildman–Crippen MR) is 99.4 cm³/mol. The smallest absolute Gasteiger partial charge is 0.271 e. The number of nitriles is 1. The Kier molecular flexibility index (Phi) is 5.91. The van der Waals surface area contributed by atoms with Gasteiger partial charge in [-0.3, -0.25) is 9.59 Å². The number of benzene rings is 1. The van der Waals surface area contributed by atoms with Crippen molar-refractivity contribution in [3.05, 3.63) is 50.9 Å². The number of hydrogen-bond acceptors (Lipinski definition) is 5. The maximum atomic E-state index is 13.4. The van der Waals surface area contributed by atoms with Crippen LogP contribution in [0.25, 0.3) is 0 Å². The van der Waals surface area contributed by atoms with Crippen LogP contribution in [0.5, 0.6) is 0 Å². The third-order valence-electron chi connectivity index (χ3n) is 4.19. The summed E-state index contributed by atoms with van der Waals surface area (Å²) in [6, 6.07) is 7.75. The monoisotopic (exact) mass is 424 g/mol. The fraction of sp³-hybridized carbons (Fsp3) is 0.333. The van der Waals surface area contributed by atoms with Crippen LogP contribution in [-0.2, 0) is 11.2 Å². The largest absolute Gasteiger partial charge is 0.342 e. The summed E-state index contributed by atoms with van der Waals surface area (Å²) in [6.07, 6.45) is -0.163. The van der Waals surface area contributed by atoms with Crippen LogP contribution in [-0.4, -0.2) is 46.8 Å². The molecule has 2 heterocycles. The van der Waals surface area contributed by atoms with Crippen LogP contribution in [0.3, 0.4) is 0 Å². The lowest BCUT2D eigenvalue weighted by molar-refractivity contribution is -0.131. The zero-order valence-electron chi connectivity index (χ0n) is 14.5. The third kappa shape index (κ3) is 4.82. The average molecular weight is 425 g/mol. The maximum absolute atomic E-state index is 13.4. The maximum Gasteiger partial charge on any atom is 0.271 e. The van der Waals surface area contributed by atoms with E-state index in [0.29, 0.717) is 16.5 Å². The molecule has 1 aliphatic rings. The first-order chi connectivity index (χ1) is 13.3. The molecule has 2 amide bonds. The van der Waals surface area contributed by atoms with Crippen molar-refractivity contribution in [1.29, 1.82) is 5.26 Å². The Balaban J connectivity index is 1.55. The highest BCUT2D eigenvalue weighted by Gasteiger charge is 2.47. The molecule has 10 heteroatoms.